The third-order valence-electron chi connectivity index (χ3n) is 4.10. The molecule has 7 heteroatoms. The van der Waals surface area contributed by atoms with Crippen molar-refractivity contribution in [2.75, 3.05) is 31.0 Å². The molecule has 1 aliphatic rings. The Labute approximate surface area is 150 Å². The van der Waals surface area contributed by atoms with Crippen molar-refractivity contribution in [3.8, 4) is 5.75 Å². The third-order valence-corrected chi connectivity index (χ3v) is 4.10. The molecule has 0 bridgehead atoms. The molecule has 0 aromatic heterocycles. The molecule has 0 aliphatic carbocycles. The van der Waals surface area contributed by atoms with Crippen LogP contribution in [0.25, 0.3) is 0 Å². The standard InChI is InChI=1S/C19H19FN2O4/c1-25-17-6-5-15(21-19(24)13-7-8-26-11-13)10-16(17)22-18(23)12-3-2-4-14(20)9-12/h2-6,9-10,13H,7-8,11H2,1H3,(H,21,24)(H,22,23). The molecule has 1 unspecified atom stereocenters. The molecule has 0 saturated carbocycles. The number of nitrogens with one attached hydrogen (secondary N) is 2. The fourth-order valence-corrected chi connectivity index (χ4v) is 2.69. The summed E-state index contributed by atoms with van der Waals surface area (Å²) in [7, 11) is 1.47. The largest absolute Gasteiger partial charge is 0.495 e. The van der Waals surface area contributed by atoms with Crippen LogP contribution in [-0.4, -0.2) is 32.1 Å². The van der Waals surface area contributed by atoms with E-state index in [2.05, 4.69) is 10.6 Å². The number of carbonyl (C=O) groups is 2. The van der Waals surface area contributed by atoms with Gasteiger partial charge in [0.2, 0.25) is 5.91 Å². The molecule has 0 spiro atoms. The maximum Gasteiger partial charge on any atom is 0.255 e. The third kappa shape index (κ3) is 4.18. The summed E-state index contributed by atoms with van der Waals surface area (Å²) in [6.45, 7) is 0.987. The van der Waals surface area contributed by atoms with Gasteiger partial charge in [0, 0.05) is 17.9 Å². The number of halogens is 1. The molecule has 2 amide bonds. The number of carbonyl (C=O) groups excluding carboxylic acids is 2. The molecule has 2 aromatic rings. The van der Waals surface area contributed by atoms with E-state index in [9.17, 15) is 14.0 Å². The number of rotatable bonds is 5. The summed E-state index contributed by atoms with van der Waals surface area (Å²) in [5.74, 6) is -0.852. The van der Waals surface area contributed by atoms with Gasteiger partial charge in [0.15, 0.2) is 0 Å². The number of hydrogen-bond donors (Lipinski definition) is 2. The van der Waals surface area contributed by atoms with E-state index >= 15 is 0 Å². The Morgan fingerprint density at radius 2 is 2.04 bits per heavy atom. The first kappa shape index (κ1) is 17.9. The summed E-state index contributed by atoms with van der Waals surface area (Å²) in [4.78, 5) is 24.6. The van der Waals surface area contributed by atoms with Gasteiger partial charge in [-0.05, 0) is 42.8 Å². The van der Waals surface area contributed by atoms with Crippen molar-refractivity contribution >= 4 is 23.2 Å². The minimum Gasteiger partial charge on any atom is -0.495 e. The average Bonchev–Trinajstić information content (AvgIpc) is 3.17. The van der Waals surface area contributed by atoms with E-state index < -0.39 is 11.7 Å². The number of amides is 2. The van der Waals surface area contributed by atoms with Crippen molar-refractivity contribution in [3.05, 3.63) is 53.8 Å². The van der Waals surface area contributed by atoms with E-state index in [0.29, 0.717) is 36.8 Å². The van der Waals surface area contributed by atoms with Gasteiger partial charge in [-0.3, -0.25) is 9.59 Å². The lowest BCUT2D eigenvalue weighted by Gasteiger charge is -2.14. The predicted molar refractivity (Wildman–Crippen MR) is 94.9 cm³/mol. The summed E-state index contributed by atoms with van der Waals surface area (Å²) < 4.78 is 23.8. The quantitative estimate of drug-likeness (QED) is 0.861. The van der Waals surface area contributed by atoms with Crippen LogP contribution in [-0.2, 0) is 9.53 Å². The van der Waals surface area contributed by atoms with Gasteiger partial charge in [-0.15, -0.1) is 0 Å². The summed E-state index contributed by atoms with van der Waals surface area (Å²) >= 11 is 0. The van der Waals surface area contributed by atoms with Gasteiger partial charge in [-0.25, -0.2) is 4.39 Å². The molecule has 2 aromatic carbocycles. The number of methoxy groups -OCH3 is 1. The van der Waals surface area contributed by atoms with Crippen molar-refractivity contribution in [1.29, 1.82) is 0 Å². The molecule has 1 saturated heterocycles. The van der Waals surface area contributed by atoms with Gasteiger partial charge in [0.05, 0.1) is 25.3 Å². The zero-order valence-corrected chi connectivity index (χ0v) is 14.3. The molecule has 1 fully saturated rings. The Bertz CT molecular complexity index is 819. The van der Waals surface area contributed by atoms with Gasteiger partial charge in [0.25, 0.3) is 5.91 Å². The van der Waals surface area contributed by atoms with Crippen LogP contribution in [0.1, 0.15) is 16.8 Å². The second-order valence-corrected chi connectivity index (χ2v) is 5.93. The summed E-state index contributed by atoms with van der Waals surface area (Å²) in [6.07, 6.45) is 0.686. The summed E-state index contributed by atoms with van der Waals surface area (Å²) in [5.41, 5.74) is 1.09. The topological polar surface area (TPSA) is 76.7 Å². The van der Waals surface area contributed by atoms with Crippen LogP contribution in [0.15, 0.2) is 42.5 Å². The predicted octanol–water partition coefficient (Wildman–Crippen LogP) is 3.06. The normalized spacial score (nSPS) is 16.2. The lowest BCUT2D eigenvalue weighted by Crippen LogP contribution is -2.23. The van der Waals surface area contributed by atoms with Crippen molar-refractivity contribution in [1.82, 2.24) is 0 Å². The number of ether oxygens (including phenoxy) is 2. The Hall–Kier alpha value is -2.93. The average molecular weight is 358 g/mol. The number of hydrogen-bond acceptors (Lipinski definition) is 4. The van der Waals surface area contributed by atoms with Crippen molar-refractivity contribution in [3.63, 3.8) is 0 Å². The van der Waals surface area contributed by atoms with Crippen molar-refractivity contribution in [2.45, 2.75) is 6.42 Å². The highest BCUT2D eigenvalue weighted by molar-refractivity contribution is 6.05. The van der Waals surface area contributed by atoms with Crippen molar-refractivity contribution in [2.24, 2.45) is 5.92 Å². The van der Waals surface area contributed by atoms with Crippen LogP contribution in [0, 0.1) is 11.7 Å². The first-order chi connectivity index (χ1) is 12.6. The number of benzene rings is 2. The van der Waals surface area contributed by atoms with Gasteiger partial charge in [0.1, 0.15) is 11.6 Å². The molecular formula is C19H19FN2O4. The Balaban J connectivity index is 1.76. The monoisotopic (exact) mass is 358 g/mol. The molecule has 0 radical (unpaired) electrons. The highest BCUT2D eigenvalue weighted by atomic mass is 19.1. The molecule has 2 N–H and O–H groups in total. The minimum atomic E-state index is -0.496. The van der Waals surface area contributed by atoms with Crippen LogP contribution in [0.2, 0.25) is 0 Å². The van der Waals surface area contributed by atoms with Gasteiger partial charge < -0.3 is 20.1 Å². The summed E-state index contributed by atoms with van der Waals surface area (Å²) in [6, 6.07) is 10.3. The number of anilines is 2. The fourth-order valence-electron chi connectivity index (χ4n) is 2.69. The van der Waals surface area contributed by atoms with Gasteiger partial charge >= 0.3 is 0 Å². The van der Waals surface area contributed by atoms with E-state index in [1.165, 1.54) is 25.3 Å². The molecule has 6 nitrogen and oxygen atoms in total. The molecular weight excluding hydrogens is 339 g/mol. The maximum atomic E-state index is 13.3. The lowest BCUT2D eigenvalue weighted by molar-refractivity contribution is -0.119. The van der Waals surface area contributed by atoms with E-state index in [1.807, 2.05) is 0 Å². The van der Waals surface area contributed by atoms with Crippen LogP contribution in [0.4, 0.5) is 15.8 Å². The Morgan fingerprint density at radius 1 is 1.19 bits per heavy atom. The minimum absolute atomic E-state index is 0.130. The van der Waals surface area contributed by atoms with Crippen molar-refractivity contribution < 1.29 is 23.5 Å². The fraction of sp³-hybridized carbons (Fsp3) is 0.263. The van der Waals surface area contributed by atoms with Crippen LogP contribution >= 0.6 is 0 Å². The lowest BCUT2D eigenvalue weighted by atomic mass is 10.1. The zero-order chi connectivity index (χ0) is 18.5. The first-order valence-electron chi connectivity index (χ1n) is 8.20. The van der Waals surface area contributed by atoms with Crippen LogP contribution in [0.5, 0.6) is 5.75 Å². The van der Waals surface area contributed by atoms with Crippen LogP contribution in [0.3, 0.4) is 0 Å². The van der Waals surface area contributed by atoms with Gasteiger partial charge in [-0.1, -0.05) is 6.07 Å². The summed E-state index contributed by atoms with van der Waals surface area (Å²) in [5, 5.41) is 5.49. The first-order valence-corrected chi connectivity index (χ1v) is 8.20. The van der Waals surface area contributed by atoms with Crippen LogP contribution < -0.4 is 15.4 Å². The molecule has 1 aliphatic heterocycles. The molecule has 1 atom stereocenters. The van der Waals surface area contributed by atoms with E-state index in [4.69, 9.17) is 9.47 Å². The Morgan fingerprint density at radius 3 is 2.73 bits per heavy atom. The smallest absolute Gasteiger partial charge is 0.255 e. The highest BCUT2D eigenvalue weighted by Gasteiger charge is 2.23. The molecule has 3 rings (SSSR count). The SMILES string of the molecule is COc1ccc(NC(=O)C2CCOC2)cc1NC(=O)c1cccc(F)c1. The maximum absolute atomic E-state index is 13.3. The van der Waals surface area contributed by atoms with E-state index in [-0.39, 0.29) is 17.4 Å². The van der Waals surface area contributed by atoms with E-state index in [1.54, 1.807) is 18.2 Å². The molecule has 26 heavy (non-hydrogen) atoms. The second kappa shape index (κ2) is 7.97. The zero-order valence-electron chi connectivity index (χ0n) is 14.3. The molecule has 136 valence electrons. The van der Waals surface area contributed by atoms with E-state index in [0.717, 1.165) is 6.07 Å². The molecule has 1 heterocycles. The Kier molecular flexibility index (Phi) is 5.48. The second-order valence-electron chi connectivity index (χ2n) is 5.93. The highest BCUT2D eigenvalue weighted by Crippen LogP contribution is 2.29. The van der Waals surface area contributed by atoms with Gasteiger partial charge in [-0.2, -0.15) is 0 Å².